The highest BCUT2D eigenvalue weighted by Gasteiger charge is 2.21. The number of ketones is 1. The molecule has 0 saturated heterocycles. The minimum Gasteiger partial charge on any atom is -0.345 e. The predicted octanol–water partition coefficient (Wildman–Crippen LogP) is 5.11. The number of H-pyrrole nitrogens is 1. The van der Waals surface area contributed by atoms with E-state index in [1.807, 2.05) is 31.2 Å². The molecule has 7 nitrogen and oxygen atoms in total. The van der Waals surface area contributed by atoms with Gasteiger partial charge in [0.05, 0.1) is 0 Å². The molecule has 0 aliphatic rings. The molecule has 0 aliphatic heterocycles. The van der Waals surface area contributed by atoms with Crippen molar-refractivity contribution in [2.45, 2.75) is 26.7 Å². The molecule has 0 atom stereocenters. The number of carbonyl (C=O) groups excluding carboxylic acids is 2. The van der Waals surface area contributed by atoms with Gasteiger partial charge in [0.25, 0.3) is 0 Å². The number of pyridine rings is 2. The zero-order chi connectivity index (χ0) is 23.4. The Balaban J connectivity index is 1.67. The Morgan fingerprint density at radius 1 is 1.09 bits per heavy atom. The van der Waals surface area contributed by atoms with Gasteiger partial charge < -0.3 is 10.3 Å². The summed E-state index contributed by atoms with van der Waals surface area (Å²) < 4.78 is 0. The first-order valence-electron chi connectivity index (χ1n) is 11.0. The first-order valence-corrected chi connectivity index (χ1v) is 11.0. The highest BCUT2D eigenvalue weighted by atomic mass is 16.2. The van der Waals surface area contributed by atoms with Crippen molar-refractivity contribution in [3.8, 4) is 11.1 Å². The molecule has 4 rings (SSSR count). The molecule has 3 aromatic heterocycles. The number of nitrogens with one attached hydrogen (secondary N) is 2. The lowest BCUT2D eigenvalue weighted by Crippen LogP contribution is -2.38. The van der Waals surface area contributed by atoms with E-state index in [-0.39, 0.29) is 11.8 Å². The van der Waals surface area contributed by atoms with Crippen LogP contribution in [0.3, 0.4) is 0 Å². The van der Waals surface area contributed by atoms with Crippen molar-refractivity contribution in [1.29, 1.82) is 0 Å². The number of anilines is 1. The van der Waals surface area contributed by atoms with Gasteiger partial charge in [-0.15, -0.1) is 0 Å². The second-order valence-electron chi connectivity index (χ2n) is 7.99. The molecule has 7 heteroatoms. The molecule has 0 unspecified atom stereocenters. The number of urea groups is 1. The van der Waals surface area contributed by atoms with Gasteiger partial charge in [0.1, 0.15) is 5.65 Å². The van der Waals surface area contributed by atoms with Crippen molar-refractivity contribution in [2.24, 2.45) is 0 Å². The summed E-state index contributed by atoms with van der Waals surface area (Å²) in [5.41, 5.74) is 5.00. The minimum atomic E-state index is -0.187. The number of fused-ring (bicyclic) bond motifs is 1. The van der Waals surface area contributed by atoms with Gasteiger partial charge in [-0.25, -0.2) is 9.78 Å². The molecule has 3 heterocycles. The van der Waals surface area contributed by atoms with Gasteiger partial charge in [0.15, 0.2) is 5.78 Å². The van der Waals surface area contributed by atoms with E-state index in [2.05, 4.69) is 27.2 Å². The molecule has 2 amide bonds. The highest BCUT2D eigenvalue weighted by molar-refractivity contribution is 6.17. The average molecular weight is 442 g/mol. The van der Waals surface area contributed by atoms with Crippen LogP contribution in [0.5, 0.6) is 0 Å². The van der Waals surface area contributed by atoms with E-state index < -0.39 is 0 Å². The molecule has 0 aliphatic carbocycles. The summed E-state index contributed by atoms with van der Waals surface area (Å²) >= 11 is 0. The summed E-state index contributed by atoms with van der Waals surface area (Å²) in [6, 6.07) is 11.0. The summed E-state index contributed by atoms with van der Waals surface area (Å²) in [7, 11) is 1.72. The zero-order valence-corrected chi connectivity index (χ0v) is 19.1. The van der Waals surface area contributed by atoms with E-state index in [0.717, 1.165) is 34.9 Å². The van der Waals surface area contributed by atoms with E-state index in [9.17, 15) is 9.59 Å². The number of amides is 2. The molecule has 4 aromatic rings. The lowest BCUT2D eigenvalue weighted by molar-refractivity contribution is 0.103. The van der Waals surface area contributed by atoms with Crippen LogP contribution in [0, 0.1) is 6.92 Å². The molecule has 0 bridgehead atoms. The van der Waals surface area contributed by atoms with Crippen LogP contribution in [0.15, 0.2) is 61.2 Å². The van der Waals surface area contributed by atoms with Crippen molar-refractivity contribution >= 4 is 28.5 Å². The summed E-state index contributed by atoms with van der Waals surface area (Å²) in [6.07, 6.45) is 8.88. The van der Waals surface area contributed by atoms with Crippen LogP contribution < -0.4 is 10.2 Å². The summed E-state index contributed by atoms with van der Waals surface area (Å²) in [5, 5.41) is 3.66. The quantitative estimate of drug-likeness (QED) is 0.308. The maximum atomic E-state index is 13.6. The van der Waals surface area contributed by atoms with Crippen LogP contribution >= 0.6 is 0 Å². The normalized spacial score (nSPS) is 10.9. The average Bonchev–Trinajstić information content (AvgIpc) is 3.27. The Bertz CT molecular complexity index is 1300. The number of aromatic nitrogens is 3. The third-order valence-electron chi connectivity index (χ3n) is 5.79. The summed E-state index contributed by atoms with van der Waals surface area (Å²) in [4.78, 5) is 39.4. The highest BCUT2D eigenvalue weighted by Crippen LogP contribution is 2.29. The van der Waals surface area contributed by atoms with Crippen LogP contribution in [0.2, 0.25) is 0 Å². The smallest absolute Gasteiger partial charge is 0.321 e. The lowest BCUT2D eigenvalue weighted by Gasteiger charge is -2.21. The standard InChI is InChI=1S/C26H27N5O2/c1-4-5-12-28-26(33)31(3)23-10-6-9-20(17(23)2)24(32)22-16-30-25-21(22)13-19(15-29-25)18-8-7-11-27-14-18/h6-11,13-16H,4-5,12H2,1-3H3,(H,28,33)(H,29,30). The van der Waals surface area contributed by atoms with Crippen LogP contribution in [-0.4, -0.2) is 40.4 Å². The molecular weight excluding hydrogens is 414 g/mol. The van der Waals surface area contributed by atoms with Gasteiger partial charge in [-0.2, -0.15) is 0 Å². The number of unbranched alkanes of at least 4 members (excludes halogenated alkanes) is 1. The second-order valence-corrected chi connectivity index (χ2v) is 7.99. The maximum absolute atomic E-state index is 13.6. The van der Waals surface area contributed by atoms with Crippen LogP contribution in [0.1, 0.15) is 41.3 Å². The first kappa shape index (κ1) is 22.2. The second kappa shape index (κ2) is 9.65. The van der Waals surface area contributed by atoms with Crippen molar-refractivity contribution in [1.82, 2.24) is 20.3 Å². The topological polar surface area (TPSA) is 91.0 Å². The third-order valence-corrected chi connectivity index (χ3v) is 5.79. The number of aromatic amines is 1. The Morgan fingerprint density at radius 3 is 2.70 bits per heavy atom. The van der Waals surface area contributed by atoms with E-state index in [1.165, 1.54) is 0 Å². The van der Waals surface area contributed by atoms with E-state index >= 15 is 0 Å². The summed E-state index contributed by atoms with van der Waals surface area (Å²) in [5.74, 6) is -0.120. The molecule has 0 fully saturated rings. The number of nitrogens with zero attached hydrogens (tertiary/aromatic N) is 3. The molecule has 0 spiro atoms. The van der Waals surface area contributed by atoms with Crippen LogP contribution in [0.25, 0.3) is 22.2 Å². The summed E-state index contributed by atoms with van der Waals surface area (Å²) in [6.45, 7) is 4.57. The van der Waals surface area contributed by atoms with Crippen molar-refractivity contribution in [2.75, 3.05) is 18.5 Å². The van der Waals surface area contributed by atoms with Gasteiger partial charge in [-0.1, -0.05) is 31.5 Å². The Labute approximate surface area is 192 Å². The molecule has 168 valence electrons. The monoisotopic (exact) mass is 441 g/mol. The Morgan fingerprint density at radius 2 is 1.94 bits per heavy atom. The van der Waals surface area contributed by atoms with Gasteiger partial charge in [-0.3, -0.25) is 14.7 Å². The Hall–Kier alpha value is -4.00. The predicted molar refractivity (Wildman–Crippen MR) is 131 cm³/mol. The minimum absolute atomic E-state index is 0.120. The number of rotatable bonds is 7. The van der Waals surface area contributed by atoms with Crippen molar-refractivity contribution < 1.29 is 9.59 Å². The van der Waals surface area contributed by atoms with Gasteiger partial charge in [0.2, 0.25) is 0 Å². The molecule has 0 radical (unpaired) electrons. The molecular formula is C26H27N5O2. The molecule has 33 heavy (non-hydrogen) atoms. The SMILES string of the molecule is CCCCNC(=O)N(C)c1cccc(C(=O)c2c[nH]c3ncc(-c4cccnc4)cc23)c1C. The number of hydrogen-bond donors (Lipinski definition) is 2. The van der Waals surface area contributed by atoms with Gasteiger partial charge >= 0.3 is 6.03 Å². The largest absolute Gasteiger partial charge is 0.345 e. The third kappa shape index (κ3) is 4.48. The van der Waals surface area contributed by atoms with Gasteiger partial charge in [-0.05, 0) is 37.1 Å². The number of hydrogen-bond acceptors (Lipinski definition) is 4. The fourth-order valence-electron chi connectivity index (χ4n) is 3.86. The maximum Gasteiger partial charge on any atom is 0.321 e. The molecule has 2 N–H and O–H groups in total. The van der Waals surface area contributed by atoms with Crippen molar-refractivity contribution in [3.05, 3.63) is 77.9 Å². The van der Waals surface area contributed by atoms with E-state index in [4.69, 9.17) is 0 Å². The fourth-order valence-corrected chi connectivity index (χ4v) is 3.86. The lowest BCUT2D eigenvalue weighted by atomic mass is 9.97. The molecule has 1 aromatic carbocycles. The Kier molecular flexibility index (Phi) is 6.49. The number of carbonyl (C=O) groups is 2. The number of benzene rings is 1. The van der Waals surface area contributed by atoms with Gasteiger partial charge in [0, 0.05) is 71.7 Å². The first-order chi connectivity index (χ1) is 16.0. The van der Waals surface area contributed by atoms with Crippen LogP contribution in [0.4, 0.5) is 10.5 Å². The van der Waals surface area contributed by atoms with Crippen LogP contribution in [-0.2, 0) is 0 Å². The van der Waals surface area contributed by atoms with Crippen molar-refractivity contribution in [3.63, 3.8) is 0 Å². The fraction of sp³-hybridized carbons (Fsp3) is 0.231. The van der Waals surface area contributed by atoms with E-state index in [0.29, 0.717) is 29.0 Å². The molecule has 0 saturated carbocycles. The van der Waals surface area contributed by atoms with E-state index in [1.54, 1.807) is 48.9 Å². The zero-order valence-electron chi connectivity index (χ0n) is 19.1.